The summed E-state index contributed by atoms with van der Waals surface area (Å²) >= 11 is 0. The number of cyclic esters (lactones) is 1. The van der Waals surface area contributed by atoms with Crippen LogP contribution in [-0.2, 0) is 49.3 Å². The number of amides is 1. The maximum Gasteiger partial charge on any atom is 0.407 e. The predicted octanol–water partition coefficient (Wildman–Crippen LogP) is 3.02. The van der Waals surface area contributed by atoms with Crippen LogP contribution < -0.4 is 5.32 Å². The highest BCUT2D eigenvalue weighted by molar-refractivity contribution is 5.95. The lowest BCUT2D eigenvalue weighted by molar-refractivity contribution is -0.284. The van der Waals surface area contributed by atoms with Gasteiger partial charge in [0.1, 0.15) is 23.4 Å². The summed E-state index contributed by atoms with van der Waals surface area (Å²) in [6.45, 7) is 13.2. The average Bonchev–Trinajstić information content (AvgIpc) is 3.14. The Morgan fingerprint density at radius 3 is 2.29 bits per heavy atom. The number of ether oxygens (including phenoxy) is 5. The molecule has 5 bridgehead atoms. The van der Waals surface area contributed by atoms with E-state index in [1.807, 2.05) is 13.8 Å². The highest BCUT2D eigenvalue weighted by Crippen LogP contribution is 2.63. The molecular weight excluding hydrogens is 770 g/mol. The van der Waals surface area contributed by atoms with Crippen LogP contribution in [0, 0.1) is 22.7 Å². The quantitative estimate of drug-likeness (QED) is 0.163. The highest BCUT2D eigenvalue weighted by atomic mass is 16.6. The van der Waals surface area contributed by atoms with Crippen molar-refractivity contribution in [1.82, 2.24) is 5.32 Å². The molecule has 0 spiro atoms. The lowest BCUT2D eigenvalue weighted by Crippen LogP contribution is -2.77. The second-order valence-electron chi connectivity index (χ2n) is 17.7. The van der Waals surface area contributed by atoms with Crippen LogP contribution in [0.4, 0.5) is 4.79 Å². The van der Waals surface area contributed by atoms with E-state index in [0.717, 1.165) is 13.8 Å². The summed E-state index contributed by atoms with van der Waals surface area (Å²) < 4.78 is 29.6. The Balaban J connectivity index is 1.86. The second kappa shape index (κ2) is 16.9. The van der Waals surface area contributed by atoms with Crippen molar-refractivity contribution in [3.05, 3.63) is 46.5 Å². The molecule has 326 valence electrons. The number of hydrogen-bond acceptors (Lipinski definition) is 15. The fourth-order valence-corrected chi connectivity index (χ4v) is 10.1. The molecule has 4 aliphatic rings. The summed E-state index contributed by atoms with van der Waals surface area (Å²) in [7, 11) is 0. The Hall–Kier alpha value is -4.38. The van der Waals surface area contributed by atoms with Gasteiger partial charge in [-0.25, -0.2) is 14.4 Å². The number of fused-ring (bicyclic) bond motifs is 6. The third-order valence-electron chi connectivity index (χ3n) is 13.2. The standard InChI is InChI=1S/C43H59NO15/c1-10-42(59-24(6)46)30(48)19-29(47)41(9)34(42)36-43(54)20-28(22(4)31(40(43,7)8)33(35(41)50)56-23(5)45)57-38(52)32(49)27(17-21(2)3)44-39(53)55-16-12-14-25-13-11-15-26(18-25)37(51)58-36/h11,13,15,18,21,27-30,32-34,36,47-49,54H,10,12,14,16-17,19-20H2,1-9H3,(H,44,53)/t27-,28-,29-,30+,32+,33+,34-,36-,41+,42-,43?/m0/s1. The summed E-state index contributed by atoms with van der Waals surface area (Å²) in [5.41, 5.74) is -7.63. The number of ketones is 1. The van der Waals surface area contributed by atoms with E-state index >= 15 is 4.79 Å². The van der Waals surface area contributed by atoms with Gasteiger partial charge >= 0.3 is 30.0 Å². The van der Waals surface area contributed by atoms with E-state index in [1.165, 1.54) is 33.8 Å². The Bertz CT molecular complexity index is 1870. The Kier molecular flexibility index (Phi) is 13.1. The van der Waals surface area contributed by atoms with Crippen LogP contribution in [-0.4, -0.2) is 117 Å². The zero-order valence-electron chi connectivity index (χ0n) is 35.2. The van der Waals surface area contributed by atoms with Gasteiger partial charge in [0.2, 0.25) is 0 Å². The molecule has 0 saturated heterocycles. The van der Waals surface area contributed by atoms with Crippen LogP contribution in [0.5, 0.6) is 0 Å². The molecule has 1 unspecified atom stereocenters. The summed E-state index contributed by atoms with van der Waals surface area (Å²) in [4.78, 5) is 82.9. The van der Waals surface area contributed by atoms with Gasteiger partial charge in [-0.2, -0.15) is 0 Å². The van der Waals surface area contributed by atoms with Gasteiger partial charge in [-0.05, 0) is 74.3 Å². The van der Waals surface area contributed by atoms with Crippen molar-refractivity contribution >= 4 is 35.8 Å². The molecule has 2 saturated carbocycles. The van der Waals surface area contributed by atoms with Gasteiger partial charge in [0.25, 0.3) is 0 Å². The maximum atomic E-state index is 15.5. The Morgan fingerprint density at radius 1 is 1.00 bits per heavy atom. The van der Waals surface area contributed by atoms with Crippen molar-refractivity contribution in [2.24, 2.45) is 22.7 Å². The van der Waals surface area contributed by atoms with Crippen LogP contribution in [0.25, 0.3) is 0 Å². The third kappa shape index (κ3) is 8.12. The first-order valence-electron chi connectivity index (χ1n) is 20.3. The number of benzene rings is 1. The zero-order valence-corrected chi connectivity index (χ0v) is 35.2. The fraction of sp³-hybridized carbons (Fsp3) is 0.674. The SMILES string of the molecule is CC[C@]1(OC(C)=O)[C@H](O)C[C@H](O)[C@@]2(C)C(=O)[C@H](OC(C)=O)C3=C(C)[C@@H]4CC(O)([C@@H](OC(=O)c5cccc(c5)CCCOC(=O)N[C@@H](CC(C)C)[C@@H](O)C(=O)O4)[C@H]12)C3(C)C. The lowest BCUT2D eigenvalue weighted by atomic mass is 9.45. The molecule has 5 rings (SSSR count). The van der Waals surface area contributed by atoms with Gasteiger partial charge in [-0.1, -0.05) is 46.8 Å². The summed E-state index contributed by atoms with van der Waals surface area (Å²) in [5, 5.41) is 51.6. The van der Waals surface area contributed by atoms with Gasteiger partial charge in [-0.15, -0.1) is 0 Å². The molecule has 16 heteroatoms. The number of aryl methyl sites for hydroxylation is 1. The van der Waals surface area contributed by atoms with E-state index < -0.39 is 119 Å². The number of hydrogen-bond donors (Lipinski definition) is 5. The largest absolute Gasteiger partial charge is 0.456 e. The van der Waals surface area contributed by atoms with Crippen molar-refractivity contribution in [3.63, 3.8) is 0 Å². The van der Waals surface area contributed by atoms with E-state index in [1.54, 1.807) is 25.1 Å². The number of alkyl carbamates (subject to hydrolysis) is 1. The molecule has 11 atom stereocenters. The number of rotatable bonds is 5. The third-order valence-corrected chi connectivity index (χ3v) is 13.2. The minimum Gasteiger partial charge on any atom is -0.456 e. The molecule has 1 aromatic carbocycles. The molecule has 59 heavy (non-hydrogen) atoms. The number of carbonyl (C=O) groups is 6. The van der Waals surface area contributed by atoms with Gasteiger partial charge in [0.15, 0.2) is 18.0 Å². The van der Waals surface area contributed by atoms with Gasteiger partial charge in [0, 0.05) is 32.1 Å². The molecule has 1 aromatic rings. The molecule has 3 aliphatic carbocycles. The molecule has 1 aliphatic heterocycles. The van der Waals surface area contributed by atoms with Crippen LogP contribution in [0.2, 0.25) is 0 Å². The summed E-state index contributed by atoms with van der Waals surface area (Å²) in [6, 6.07) is 5.20. The number of aliphatic hydroxyl groups excluding tert-OH is 3. The van der Waals surface area contributed by atoms with Crippen molar-refractivity contribution in [2.75, 3.05) is 6.61 Å². The minimum atomic E-state index is -2.45. The first kappa shape index (κ1) is 45.7. The molecular formula is C43H59NO15. The number of carbonyl (C=O) groups excluding carboxylic acids is 6. The zero-order chi connectivity index (χ0) is 44.0. The van der Waals surface area contributed by atoms with Gasteiger partial charge in [-0.3, -0.25) is 14.4 Å². The van der Waals surface area contributed by atoms with Gasteiger partial charge in [0.05, 0.1) is 41.8 Å². The average molecular weight is 830 g/mol. The van der Waals surface area contributed by atoms with E-state index in [-0.39, 0.29) is 42.1 Å². The number of esters is 4. The van der Waals surface area contributed by atoms with Crippen molar-refractivity contribution in [1.29, 1.82) is 0 Å². The van der Waals surface area contributed by atoms with E-state index in [0.29, 0.717) is 18.4 Å². The minimum absolute atomic E-state index is 0.0187. The normalized spacial score (nSPS) is 36.6. The maximum absolute atomic E-state index is 15.5. The molecule has 2 fully saturated rings. The topological polar surface area (TPSA) is 242 Å². The molecule has 16 nitrogen and oxygen atoms in total. The smallest absolute Gasteiger partial charge is 0.407 e. The van der Waals surface area contributed by atoms with Crippen molar-refractivity contribution < 1.29 is 72.9 Å². The predicted molar refractivity (Wildman–Crippen MR) is 207 cm³/mol. The first-order chi connectivity index (χ1) is 27.5. The van der Waals surface area contributed by atoms with E-state index in [4.69, 9.17) is 23.7 Å². The van der Waals surface area contributed by atoms with Crippen LogP contribution in [0.1, 0.15) is 110 Å². The second-order valence-corrected chi connectivity index (χ2v) is 17.7. The van der Waals surface area contributed by atoms with Crippen LogP contribution in [0.3, 0.4) is 0 Å². The van der Waals surface area contributed by atoms with E-state index in [9.17, 15) is 44.4 Å². The highest BCUT2D eigenvalue weighted by Gasteiger charge is 2.75. The lowest BCUT2D eigenvalue weighted by Gasteiger charge is -2.64. The number of nitrogens with one attached hydrogen (secondary N) is 1. The molecule has 0 radical (unpaired) electrons. The fourth-order valence-electron chi connectivity index (χ4n) is 10.1. The molecule has 1 amide bonds. The van der Waals surface area contributed by atoms with Crippen LogP contribution >= 0.6 is 0 Å². The number of aliphatic hydroxyl groups is 4. The summed E-state index contributed by atoms with van der Waals surface area (Å²) in [5.74, 6) is -6.78. The van der Waals surface area contributed by atoms with Crippen molar-refractivity contribution in [2.45, 2.75) is 155 Å². The summed E-state index contributed by atoms with van der Waals surface area (Å²) in [6.07, 6.45) is -12.0. The van der Waals surface area contributed by atoms with E-state index in [2.05, 4.69) is 5.32 Å². The number of Topliss-reactive ketones (excluding diaryl/α,β-unsaturated/α-hetero) is 1. The Morgan fingerprint density at radius 2 is 1.68 bits per heavy atom. The van der Waals surface area contributed by atoms with Crippen molar-refractivity contribution in [3.8, 4) is 0 Å². The molecule has 5 N–H and O–H groups in total. The molecule has 0 aromatic heterocycles. The van der Waals surface area contributed by atoms with Gasteiger partial charge < -0.3 is 49.4 Å². The monoisotopic (exact) mass is 829 g/mol. The Labute approximate surface area is 343 Å². The molecule has 1 heterocycles. The first-order valence-corrected chi connectivity index (χ1v) is 20.3. The van der Waals surface area contributed by atoms with Crippen LogP contribution in [0.15, 0.2) is 35.4 Å².